The molecule has 1 saturated carbocycles. The van der Waals surface area contributed by atoms with Crippen molar-refractivity contribution in [1.82, 2.24) is 4.90 Å². The van der Waals surface area contributed by atoms with Crippen molar-refractivity contribution in [2.45, 2.75) is 64.0 Å². The fourth-order valence-electron chi connectivity index (χ4n) is 3.70. The first-order valence-corrected chi connectivity index (χ1v) is 7.78. The number of nitrogens with zero attached hydrogens (tertiary/aromatic N) is 1. The molecule has 0 bridgehead atoms. The van der Waals surface area contributed by atoms with E-state index < -0.39 is 6.10 Å². The van der Waals surface area contributed by atoms with Gasteiger partial charge in [0.05, 0.1) is 19.1 Å². The zero-order valence-electron chi connectivity index (χ0n) is 12.0. The number of rotatable bonds is 5. The lowest BCUT2D eigenvalue weighted by atomic mass is 9.78. The summed E-state index contributed by atoms with van der Waals surface area (Å²) in [5.74, 6) is 0.532. The molecule has 1 heterocycles. The Kier molecular flexibility index (Phi) is 5.64. The van der Waals surface area contributed by atoms with E-state index >= 15 is 0 Å². The molecule has 1 N–H and O–H groups in total. The Morgan fingerprint density at radius 2 is 2.05 bits per heavy atom. The summed E-state index contributed by atoms with van der Waals surface area (Å²) in [6.07, 6.45) is 7.39. The molecule has 0 aromatic carbocycles. The van der Waals surface area contributed by atoms with Crippen LogP contribution in [-0.4, -0.2) is 47.8 Å². The number of piperidine rings is 1. The maximum Gasteiger partial charge on any atom is 0.308 e. The first-order valence-electron chi connectivity index (χ1n) is 7.78. The minimum atomic E-state index is -0.584. The molecule has 0 radical (unpaired) electrons. The summed E-state index contributed by atoms with van der Waals surface area (Å²) in [4.78, 5) is 13.8. The number of β-amino-alcohol motifs (C(OH)–C–C–N with tert-alkyl or cyclic N) is 1. The highest BCUT2D eigenvalue weighted by atomic mass is 16.5. The van der Waals surface area contributed by atoms with Crippen molar-refractivity contribution in [2.75, 3.05) is 19.7 Å². The summed E-state index contributed by atoms with van der Waals surface area (Å²) in [6.45, 7) is 3.88. The van der Waals surface area contributed by atoms with Crippen LogP contribution < -0.4 is 0 Å². The van der Waals surface area contributed by atoms with Crippen LogP contribution in [-0.2, 0) is 9.53 Å². The second kappa shape index (κ2) is 7.25. The molecule has 4 nitrogen and oxygen atoms in total. The van der Waals surface area contributed by atoms with E-state index in [2.05, 4.69) is 4.90 Å². The molecule has 4 heteroatoms. The van der Waals surface area contributed by atoms with Gasteiger partial charge in [-0.05, 0) is 45.1 Å². The Morgan fingerprint density at radius 1 is 1.32 bits per heavy atom. The van der Waals surface area contributed by atoms with Crippen molar-refractivity contribution in [3.05, 3.63) is 0 Å². The summed E-state index contributed by atoms with van der Waals surface area (Å²) < 4.78 is 4.89. The molecule has 2 fully saturated rings. The molecule has 2 aliphatic rings. The van der Waals surface area contributed by atoms with Crippen molar-refractivity contribution in [2.24, 2.45) is 5.92 Å². The van der Waals surface area contributed by atoms with Crippen molar-refractivity contribution in [3.63, 3.8) is 0 Å². The van der Waals surface area contributed by atoms with Crippen molar-refractivity contribution in [1.29, 1.82) is 0 Å². The highest BCUT2D eigenvalue weighted by molar-refractivity contribution is 5.69. The van der Waals surface area contributed by atoms with Gasteiger partial charge in [0.1, 0.15) is 0 Å². The normalized spacial score (nSPS) is 29.6. The average molecular weight is 269 g/mol. The molecule has 0 aromatic rings. The number of likely N-dealkylation sites (tertiary alicyclic amines) is 1. The minimum absolute atomic E-state index is 0.127. The first kappa shape index (κ1) is 14.8. The molecular weight excluding hydrogens is 242 g/mol. The maximum atomic E-state index is 11.4. The zero-order valence-corrected chi connectivity index (χ0v) is 12.0. The second-order valence-electron chi connectivity index (χ2n) is 5.91. The Labute approximate surface area is 116 Å². The van der Waals surface area contributed by atoms with Gasteiger partial charge in [-0.1, -0.05) is 12.8 Å². The summed E-state index contributed by atoms with van der Waals surface area (Å²) in [5.41, 5.74) is 0. The van der Waals surface area contributed by atoms with E-state index in [9.17, 15) is 9.90 Å². The van der Waals surface area contributed by atoms with Gasteiger partial charge < -0.3 is 9.84 Å². The lowest BCUT2D eigenvalue weighted by Gasteiger charge is -2.44. The van der Waals surface area contributed by atoms with E-state index in [4.69, 9.17) is 4.74 Å². The molecule has 0 aromatic heterocycles. The maximum absolute atomic E-state index is 11.4. The molecule has 1 aliphatic carbocycles. The number of hydrogen-bond acceptors (Lipinski definition) is 4. The van der Waals surface area contributed by atoms with E-state index in [-0.39, 0.29) is 12.4 Å². The van der Waals surface area contributed by atoms with Crippen molar-refractivity contribution in [3.8, 4) is 0 Å². The van der Waals surface area contributed by atoms with Gasteiger partial charge in [-0.3, -0.25) is 9.69 Å². The summed E-state index contributed by atoms with van der Waals surface area (Å²) in [6, 6.07) is 0.638. The predicted octanol–water partition coefficient (Wildman–Crippen LogP) is 1.96. The minimum Gasteiger partial charge on any atom is -0.466 e. The number of aliphatic hydroxyl groups excluding tert-OH is 1. The topological polar surface area (TPSA) is 49.8 Å². The lowest BCUT2D eigenvalue weighted by Crippen LogP contribution is -2.49. The van der Waals surface area contributed by atoms with Crippen LogP contribution in [0.3, 0.4) is 0 Å². The molecule has 0 amide bonds. The van der Waals surface area contributed by atoms with Crippen LogP contribution in [0.15, 0.2) is 0 Å². The van der Waals surface area contributed by atoms with Crippen molar-refractivity contribution >= 4 is 5.97 Å². The summed E-state index contributed by atoms with van der Waals surface area (Å²) >= 11 is 0. The zero-order chi connectivity index (χ0) is 13.7. The number of fused-ring (bicyclic) bond motifs is 1. The number of aliphatic hydroxyl groups is 1. The van der Waals surface area contributed by atoms with Crippen LogP contribution in [0.1, 0.15) is 51.9 Å². The average Bonchev–Trinajstić information content (AvgIpc) is 2.39. The highest BCUT2D eigenvalue weighted by Crippen LogP contribution is 2.35. The van der Waals surface area contributed by atoms with Crippen molar-refractivity contribution < 1.29 is 14.6 Å². The predicted molar refractivity (Wildman–Crippen MR) is 73.8 cm³/mol. The second-order valence-corrected chi connectivity index (χ2v) is 5.91. The largest absolute Gasteiger partial charge is 0.466 e. The van der Waals surface area contributed by atoms with Gasteiger partial charge in [0.15, 0.2) is 0 Å². The Balaban J connectivity index is 1.81. The van der Waals surface area contributed by atoms with Crippen LogP contribution in [0.2, 0.25) is 0 Å². The Morgan fingerprint density at radius 3 is 2.84 bits per heavy atom. The monoisotopic (exact) mass is 269 g/mol. The molecule has 2 rings (SSSR count). The number of hydrogen-bond donors (Lipinski definition) is 1. The van der Waals surface area contributed by atoms with E-state index in [1.54, 1.807) is 6.92 Å². The van der Waals surface area contributed by atoms with Gasteiger partial charge in [-0.15, -0.1) is 0 Å². The Hall–Kier alpha value is -0.610. The molecule has 1 aliphatic heterocycles. The van der Waals surface area contributed by atoms with Gasteiger partial charge in [0.2, 0.25) is 0 Å². The van der Waals surface area contributed by atoms with Crippen LogP contribution in [0.5, 0.6) is 0 Å². The van der Waals surface area contributed by atoms with Crippen LogP contribution in [0.25, 0.3) is 0 Å². The molecule has 3 atom stereocenters. The van der Waals surface area contributed by atoms with E-state index in [0.29, 0.717) is 19.2 Å². The van der Waals surface area contributed by atoms with Gasteiger partial charge >= 0.3 is 5.97 Å². The Bertz CT molecular complexity index is 293. The quantitative estimate of drug-likeness (QED) is 0.775. The third-order valence-corrected chi connectivity index (χ3v) is 4.51. The number of esters is 1. The molecule has 19 heavy (non-hydrogen) atoms. The van der Waals surface area contributed by atoms with Gasteiger partial charge in [-0.25, -0.2) is 0 Å². The standard InChI is InChI=1S/C15H27NO3/c1-2-19-15(18)10-13(17)11-16-9-5-7-12-6-3-4-8-14(12)16/h12-14,17H,2-11H2,1H3. The molecule has 3 unspecified atom stereocenters. The summed E-state index contributed by atoms with van der Waals surface area (Å²) in [7, 11) is 0. The number of carbonyl (C=O) groups is 1. The molecular formula is C15H27NO3. The van der Waals surface area contributed by atoms with Crippen LogP contribution >= 0.6 is 0 Å². The highest BCUT2D eigenvalue weighted by Gasteiger charge is 2.34. The fourth-order valence-corrected chi connectivity index (χ4v) is 3.70. The molecule has 0 spiro atoms. The number of ether oxygens (including phenoxy) is 1. The van der Waals surface area contributed by atoms with Gasteiger partial charge in [0, 0.05) is 12.6 Å². The summed E-state index contributed by atoms with van der Waals surface area (Å²) in [5, 5.41) is 10.0. The lowest BCUT2D eigenvalue weighted by molar-refractivity contribution is -0.145. The molecule has 1 saturated heterocycles. The molecule has 110 valence electrons. The first-order chi connectivity index (χ1) is 9.20. The fraction of sp³-hybridized carbons (Fsp3) is 0.933. The van der Waals surface area contributed by atoms with Crippen LogP contribution in [0.4, 0.5) is 0 Å². The van der Waals surface area contributed by atoms with E-state index in [0.717, 1.165) is 12.5 Å². The van der Waals surface area contributed by atoms with Crippen LogP contribution in [0, 0.1) is 5.92 Å². The SMILES string of the molecule is CCOC(=O)CC(O)CN1CCCC2CCCCC21. The van der Waals surface area contributed by atoms with E-state index in [1.807, 2.05) is 0 Å². The van der Waals surface area contributed by atoms with E-state index in [1.165, 1.54) is 38.5 Å². The number of carbonyl (C=O) groups excluding carboxylic acids is 1. The third kappa shape index (κ3) is 4.18. The third-order valence-electron chi connectivity index (χ3n) is 4.51. The van der Waals surface area contributed by atoms with Gasteiger partial charge in [0.25, 0.3) is 0 Å². The van der Waals surface area contributed by atoms with Gasteiger partial charge in [-0.2, -0.15) is 0 Å². The smallest absolute Gasteiger partial charge is 0.308 e.